The Morgan fingerprint density at radius 2 is 1.59 bits per heavy atom. The maximum absolute atomic E-state index is 13.4. The van der Waals surface area contributed by atoms with Crippen LogP contribution in [-0.2, 0) is 14.3 Å². The lowest BCUT2D eigenvalue weighted by molar-refractivity contribution is -0.144. The standard InChI is InChI=1S/C26H34N2O5.ClH/c1-16-10-12-17(13-11-16)22(24(30)32-5)28-23(29)20-14-18-8-6-7-9-19(18)15-21(20)27-25(31)33-26(2,3)4;/h6-9,14-17,22H,10-13H2,1-5H3,(H,27,31)(H,28,29);1H/t16?,17?,22-;/m0./s1. The number of carbonyl (C=O) groups is 3. The topological polar surface area (TPSA) is 93.7 Å². The summed E-state index contributed by atoms with van der Waals surface area (Å²) in [5.41, 5.74) is -0.101. The van der Waals surface area contributed by atoms with Crippen molar-refractivity contribution in [3.05, 3.63) is 42.0 Å². The Bertz CT molecular complexity index is 1030. The third kappa shape index (κ3) is 7.10. The minimum atomic E-state index is -0.740. The van der Waals surface area contributed by atoms with E-state index in [-0.39, 0.29) is 23.9 Å². The van der Waals surface area contributed by atoms with Crippen molar-refractivity contribution >= 4 is 46.8 Å². The van der Waals surface area contributed by atoms with Crippen molar-refractivity contribution in [1.82, 2.24) is 5.32 Å². The van der Waals surface area contributed by atoms with Crippen LogP contribution in [0.25, 0.3) is 10.8 Å². The van der Waals surface area contributed by atoms with E-state index in [0.717, 1.165) is 36.5 Å². The van der Waals surface area contributed by atoms with Crippen molar-refractivity contribution < 1.29 is 23.9 Å². The minimum absolute atomic E-state index is 0. The molecule has 0 bridgehead atoms. The molecule has 34 heavy (non-hydrogen) atoms. The molecule has 1 atom stereocenters. The van der Waals surface area contributed by atoms with Crippen LogP contribution >= 0.6 is 12.4 Å². The van der Waals surface area contributed by atoms with Gasteiger partial charge in [0, 0.05) is 0 Å². The van der Waals surface area contributed by atoms with Crippen molar-refractivity contribution in [2.24, 2.45) is 11.8 Å². The first-order valence-corrected chi connectivity index (χ1v) is 11.5. The molecule has 1 saturated carbocycles. The average Bonchev–Trinajstić information content (AvgIpc) is 2.75. The van der Waals surface area contributed by atoms with E-state index in [1.807, 2.05) is 24.3 Å². The zero-order valence-corrected chi connectivity index (χ0v) is 21.3. The molecule has 2 aromatic carbocycles. The van der Waals surface area contributed by atoms with Crippen LogP contribution in [0.5, 0.6) is 0 Å². The average molecular weight is 491 g/mol. The first-order valence-electron chi connectivity index (χ1n) is 11.5. The van der Waals surface area contributed by atoms with Gasteiger partial charge in [0.1, 0.15) is 11.6 Å². The van der Waals surface area contributed by atoms with E-state index in [4.69, 9.17) is 9.47 Å². The third-order valence-corrected chi connectivity index (χ3v) is 6.04. The second-order valence-corrected chi connectivity index (χ2v) is 9.87. The fourth-order valence-electron chi connectivity index (χ4n) is 4.28. The summed E-state index contributed by atoms with van der Waals surface area (Å²) in [4.78, 5) is 38.4. The Labute approximate surface area is 207 Å². The number of rotatable bonds is 5. The number of hydrogen-bond acceptors (Lipinski definition) is 5. The normalized spacial score (nSPS) is 18.9. The van der Waals surface area contributed by atoms with Gasteiger partial charge < -0.3 is 14.8 Å². The van der Waals surface area contributed by atoms with Gasteiger partial charge in [-0.15, -0.1) is 12.4 Å². The number of carbonyl (C=O) groups excluding carboxylic acids is 3. The molecular formula is C26H35ClN2O5. The lowest BCUT2D eigenvalue weighted by Crippen LogP contribution is -2.47. The molecule has 0 heterocycles. The molecule has 8 heteroatoms. The van der Waals surface area contributed by atoms with Crippen molar-refractivity contribution in [3.63, 3.8) is 0 Å². The van der Waals surface area contributed by atoms with Crippen molar-refractivity contribution in [2.45, 2.75) is 65.0 Å². The SMILES string of the molecule is COC(=O)[C@@H](NC(=O)c1cc2ccccc2cc1NC(=O)OC(C)(C)C)C1CCC(C)CC1.Cl. The number of ether oxygens (including phenoxy) is 2. The Morgan fingerprint density at radius 1 is 1.00 bits per heavy atom. The zero-order chi connectivity index (χ0) is 24.2. The van der Waals surface area contributed by atoms with Gasteiger partial charge >= 0.3 is 12.1 Å². The highest BCUT2D eigenvalue weighted by Crippen LogP contribution is 2.32. The maximum Gasteiger partial charge on any atom is 0.412 e. The van der Waals surface area contributed by atoms with Crippen LogP contribution in [0, 0.1) is 11.8 Å². The van der Waals surface area contributed by atoms with Gasteiger partial charge in [0.25, 0.3) is 5.91 Å². The lowest BCUT2D eigenvalue weighted by Gasteiger charge is -2.31. The number of fused-ring (bicyclic) bond motifs is 1. The Kier molecular flexibility index (Phi) is 9.33. The van der Waals surface area contributed by atoms with Gasteiger partial charge in [0.05, 0.1) is 18.4 Å². The minimum Gasteiger partial charge on any atom is -0.467 e. The fraction of sp³-hybridized carbons (Fsp3) is 0.500. The second-order valence-electron chi connectivity index (χ2n) is 9.87. The molecule has 1 aliphatic rings. The fourth-order valence-corrected chi connectivity index (χ4v) is 4.28. The summed E-state index contributed by atoms with van der Waals surface area (Å²) >= 11 is 0. The van der Waals surface area contributed by atoms with Crippen LogP contribution in [-0.4, -0.2) is 36.7 Å². The monoisotopic (exact) mass is 490 g/mol. The number of methoxy groups -OCH3 is 1. The first-order chi connectivity index (χ1) is 15.6. The molecule has 7 nitrogen and oxygen atoms in total. The van der Waals surface area contributed by atoms with Gasteiger partial charge in [0.2, 0.25) is 0 Å². The van der Waals surface area contributed by atoms with Crippen LogP contribution in [0.1, 0.15) is 63.7 Å². The number of amides is 2. The van der Waals surface area contributed by atoms with Crippen LogP contribution in [0.2, 0.25) is 0 Å². The highest BCUT2D eigenvalue weighted by molar-refractivity contribution is 6.07. The lowest BCUT2D eigenvalue weighted by atomic mass is 9.79. The summed E-state index contributed by atoms with van der Waals surface area (Å²) in [7, 11) is 1.33. The summed E-state index contributed by atoms with van der Waals surface area (Å²) in [6.45, 7) is 7.51. The number of halogens is 1. The quantitative estimate of drug-likeness (QED) is 0.524. The summed E-state index contributed by atoms with van der Waals surface area (Å²) in [6, 6.07) is 10.3. The molecule has 0 unspecified atom stereocenters. The van der Waals surface area contributed by atoms with E-state index < -0.39 is 29.6 Å². The predicted molar refractivity (Wildman–Crippen MR) is 135 cm³/mol. The van der Waals surface area contributed by atoms with Crippen LogP contribution in [0.3, 0.4) is 0 Å². The number of anilines is 1. The smallest absolute Gasteiger partial charge is 0.412 e. The van der Waals surface area contributed by atoms with E-state index in [1.54, 1.807) is 32.9 Å². The Morgan fingerprint density at radius 3 is 2.15 bits per heavy atom. The van der Waals surface area contributed by atoms with Gasteiger partial charge in [-0.1, -0.05) is 44.0 Å². The number of esters is 1. The molecule has 2 aromatic rings. The number of benzene rings is 2. The number of hydrogen-bond donors (Lipinski definition) is 2. The van der Waals surface area contributed by atoms with Crippen LogP contribution < -0.4 is 10.6 Å². The Hall–Kier alpha value is -2.80. The van der Waals surface area contributed by atoms with Gasteiger partial charge in [-0.25, -0.2) is 9.59 Å². The molecule has 2 N–H and O–H groups in total. The molecule has 0 radical (unpaired) electrons. The van der Waals surface area contributed by atoms with Crippen LogP contribution in [0.15, 0.2) is 36.4 Å². The van der Waals surface area contributed by atoms with E-state index in [2.05, 4.69) is 17.6 Å². The van der Waals surface area contributed by atoms with Gasteiger partial charge in [-0.3, -0.25) is 10.1 Å². The van der Waals surface area contributed by atoms with E-state index in [0.29, 0.717) is 11.6 Å². The summed E-state index contributed by atoms with van der Waals surface area (Å²) in [5.74, 6) is -0.271. The summed E-state index contributed by atoms with van der Waals surface area (Å²) in [5, 5.41) is 7.31. The summed E-state index contributed by atoms with van der Waals surface area (Å²) < 4.78 is 10.4. The molecule has 1 fully saturated rings. The number of nitrogens with one attached hydrogen (secondary N) is 2. The largest absolute Gasteiger partial charge is 0.467 e. The first kappa shape index (κ1) is 27.4. The second kappa shape index (κ2) is 11.6. The molecule has 0 aliphatic heterocycles. The molecule has 0 aromatic heterocycles. The van der Waals surface area contributed by atoms with Gasteiger partial charge in [-0.2, -0.15) is 0 Å². The highest BCUT2D eigenvalue weighted by atomic mass is 35.5. The van der Waals surface area contributed by atoms with E-state index >= 15 is 0 Å². The molecular weight excluding hydrogens is 456 g/mol. The molecule has 2 amide bonds. The van der Waals surface area contributed by atoms with E-state index in [1.165, 1.54) is 7.11 Å². The highest BCUT2D eigenvalue weighted by Gasteiger charge is 2.34. The van der Waals surface area contributed by atoms with Crippen molar-refractivity contribution in [3.8, 4) is 0 Å². The van der Waals surface area contributed by atoms with E-state index in [9.17, 15) is 14.4 Å². The molecule has 3 rings (SSSR count). The van der Waals surface area contributed by atoms with Gasteiger partial charge in [-0.05, 0) is 68.4 Å². The summed E-state index contributed by atoms with van der Waals surface area (Å²) in [6.07, 6.45) is 3.06. The van der Waals surface area contributed by atoms with Crippen molar-refractivity contribution in [2.75, 3.05) is 12.4 Å². The third-order valence-electron chi connectivity index (χ3n) is 6.04. The molecule has 0 spiro atoms. The molecule has 0 saturated heterocycles. The zero-order valence-electron chi connectivity index (χ0n) is 20.5. The van der Waals surface area contributed by atoms with Gasteiger partial charge in [0.15, 0.2) is 0 Å². The van der Waals surface area contributed by atoms with Crippen LogP contribution in [0.4, 0.5) is 10.5 Å². The maximum atomic E-state index is 13.4. The molecule has 186 valence electrons. The Balaban J connectivity index is 0.00000408. The molecule has 1 aliphatic carbocycles. The predicted octanol–water partition coefficient (Wildman–Crippen LogP) is 5.71. The van der Waals surface area contributed by atoms with Crippen molar-refractivity contribution in [1.29, 1.82) is 0 Å².